The van der Waals surface area contributed by atoms with Crippen molar-refractivity contribution in [1.29, 1.82) is 0 Å². The molecule has 0 N–H and O–H groups in total. The van der Waals surface area contributed by atoms with E-state index < -0.39 is 0 Å². The van der Waals surface area contributed by atoms with E-state index in [1.54, 1.807) is 0 Å². The average Bonchev–Trinajstić information content (AvgIpc) is 3.93. The quantitative estimate of drug-likeness (QED) is 0.178. The molecule has 0 fully saturated rings. The zero-order valence-corrected chi connectivity index (χ0v) is 30.2. The minimum absolute atomic E-state index is 0.846. The molecule has 0 spiro atoms. The van der Waals surface area contributed by atoms with E-state index in [1.165, 1.54) is 32.6 Å². The van der Waals surface area contributed by atoms with Gasteiger partial charge in [-0.1, -0.05) is 121 Å². The van der Waals surface area contributed by atoms with Gasteiger partial charge in [0.1, 0.15) is 16.7 Å². The molecule has 0 amide bonds. The minimum atomic E-state index is 0.846. The molecule has 4 nitrogen and oxygen atoms in total. The van der Waals surface area contributed by atoms with Crippen LogP contribution in [0.1, 0.15) is 0 Å². The van der Waals surface area contributed by atoms with E-state index in [2.05, 4.69) is 179 Å². The average molecular weight is 717 g/mol. The molecule has 262 valence electrons. The number of rotatable bonds is 5. The molecule has 3 heterocycles. The highest BCUT2D eigenvalue weighted by atomic mass is 16.3. The molecule has 12 rings (SSSR count). The molecule has 0 unspecified atom stereocenters. The summed E-state index contributed by atoms with van der Waals surface area (Å²) >= 11 is 0. The molecule has 9 aromatic carbocycles. The number of aromatic nitrogens is 1. The Labute approximate surface area is 321 Å². The van der Waals surface area contributed by atoms with Crippen molar-refractivity contribution >= 4 is 93.5 Å². The minimum Gasteiger partial charge on any atom is -0.456 e. The van der Waals surface area contributed by atoms with Crippen molar-refractivity contribution < 1.29 is 8.83 Å². The van der Waals surface area contributed by atoms with Crippen molar-refractivity contribution in [1.82, 2.24) is 4.57 Å². The first-order valence-corrected chi connectivity index (χ1v) is 19.0. The van der Waals surface area contributed by atoms with Gasteiger partial charge in [-0.05, 0) is 89.1 Å². The predicted molar refractivity (Wildman–Crippen MR) is 233 cm³/mol. The Hall–Kier alpha value is -7.56. The van der Waals surface area contributed by atoms with E-state index in [4.69, 9.17) is 8.83 Å². The van der Waals surface area contributed by atoms with Crippen molar-refractivity contribution in [3.63, 3.8) is 0 Å². The molecule has 0 aliphatic rings. The highest BCUT2D eigenvalue weighted by Gasteiger charge is 2.22. The Bertz CT molecular complexity index is 3490. The summed E-state index contributed by atoms with van der Waals surface area (Å²) < 4.78 is 15.3. The van der Waals surface area contributed by atoms with Crippen molar-refractivity contribution in [2.24, 2.45) is 0 Å². The van der Waals surface area contributed by atoms with E-state index in [9.17, 15) is 0 Å². The maximum absolute atomic E-state index is 6.63. The lowest BCUT2D eigenvalue weighted by Gasteiger charge is -2.26. The van der Waals surface area contributed by atoms with Crippen LogP contribution in [0, 0.1) is 0 Å². The fourth-order valence-electron chi connectivity index (χ4n) is 8.81. The Morgan fingerprint density at radius 3 is 1.84 bits per heavy atom. The van der Waals surface area contributed by atoms with Crippen LogP contribution in [0.3, 0.4) is 0 Å². The molecule has 12 aromatic rings. The molecule has 3 aromatic heterocycles. The molecule has 0 saturated carbocycles. The maximum atomic E-state index is 6.63. The third kappa shape index (κ3) is 4.60. The van der Waals surface area contributed by atoms with Crippen LogP contribution in [0.25, 0.3) is 93.3 Å². The topological polar surface area (TPSA) is 34.5 Å². The summed E-state index contributed by atoms with van der Waals surface area (Å²) in [6.07, 6.45) is 0. The van der Waals surface area contributed by atoms with Crippen molar-refractivity contribution in [3.8, 4) is 16.8 Å². The SMILES string of the molecule is c1ccc(-n2c3ccccc3c3cc4ccccc4cc32)c(-c2ccc(N(c3ccc4oc5ccccc5c4c3)c3cccc4c3oc3ccccc34)cc2)c1. The van der Waals surface area contributed by atoms with E-state index >= 15 is 0 Å². The first-order valence-electron chi connectivity index (χ1n) is 19.0. The van der Waals surface area contributed by atoms with Gasteiger partial charge in [0, 0.05) is 49.3 Å². The number of hydrogen-bond acceptors (Lipinski definition) is 3. The van der Waals surface area contributed by atoms with Gasteiger partial charge in [0.2, 0.25) is 0 Å². The number of para-hydroxylation sites is 5. The molecule has 4 heteroatoms. The van der Waals surface area contributed by atoms with Crippen LogP contribution >= 0.6 is 0 Å². The number of anilines is 3. The maximum Gasteiger partial charge on any atom is 0.159 e. The second kappa shape index (κ2) is 12.0. The Kier molecular flexibility index (Phi) is 6.60. The normalized spacial score (nSPS) is 11.9. The van der Waals surface area contributed by atoms with Crippen molar-refractivity contribution in [3.05, 3.63) is 194 Å². The van der Waals surface area contributed by atoms with Crippen LogP contribution in [0.4, 0.5) is 17.1 Å². The number of benzene rings is 9. The highest BCUT2D eigenvalue weighted by molar-refractivity contribution is 6.14. The lowest BCUT2D eigenvalue weighted by Crippen LogP contribution is -2.10. The van der Waals surface area contributed by atoms with Gasteiger partial charge >= 0.3 is 0 Å². The first kappa shape index (κ1) is 30.9. The summed E-state index contributed by atoms with van der Waals surface area (Å²) in [5, 5.41) is 9.33. The highest BCUT2D eigenvalue weighted by Crippen LogP contribution is 2.45. The zero-order chi connectivity index (χ0) is 36.7. The van der Waals surface area contributed by atoms with Gasteiger partial charge in [-0.25, -0.2) is 0 Å². The standard InChI is InChI=1S/C52H32N2O2/c1-2-13-35-31-48-43(30-34(35)12-1)39-15-4-8-20-46(39)54(48)45-19-7-3-14-38(45)33-24-26-36(27-25-33)53(37-28-29-51-44(32-37)41-17-6-9-22-49(41)55-51)47-21-11-18-42-40-16-5-10-23-50(40)56-52(42)47/h1-32H. The molecular weight excluding hydrogens is 685 g/mol. The van der Waals surface area contributed by atoms with Gasteiger partial charge < -0.3 is 18.3 Å². The van der Waals surface area contributed by atoms with Gasteiger partial charge in [0.15, 0.2) is 5.58 Å². The second-order valence-corrected chi connectivity index (χ2v) is 14.5. The summed E-state index contributed by atoms with van der Waals surface area (Å²) in [7, 11) is 0. The molecule has 56 heavy (non-hydrogen) atoms. The summed E-state index contributed by atoms with van der Waals surface area (Å²) in [6, 6.07) is 69.1. The van der Waals surface area contributed by atoms with Crippen molar-refractivity contribution in [2.75, 3.05) is 4.90 Å². The first-order chi connectivity index (χ1) is 27.8. The van der Waals surface area contributed by atoms with Gasteiger partial charge in [-0.15, -0.1) is 0 Å². The van der Waals surface area contributed by atoms with Crippen LogP contribution in [0.2, 0.25) is 0 Å². The summed E-state index contributed by atoms with van der Waals surface area (Å²) in [4.78, 5) is 2.31. The van der Waals surface area contributed by atoms with Crippen LogP contribution in [-0.4, -0.2) is 4.57 Å². The number of furan rings is 2. The zero-order valence-electron chi connectivity index (χ0n) is 30.2. The smallest absolute Gasteiger partial charge is 0.159 e. The Morgan fingerprint density at radius 2 is 1.00 bits per heavy atom. The second-order valence-electron chi connectivity index (χ2n) is 14.5. The summed E-state index contributed by atoms with van der Waals surface area (Å²) in [5.74, 6) is 0. The molecule has 0 aliphatic carbocycles. The lowest BCUT2D eigenvalue weighted by atomic mass is 10.0. The van der Waals surface area contributed by atoms with Gasteiger partial charge in [-0.3, -0.25) is 0 Å². The van der Waals surface area contributed by atoms with E-state index in [-0.39, 0.29) is 0 Å². The van der Waals surface area contributed by atoms with E-state index in [1.807, 2.05) is 24.3 Å². The number of fused-ring (bicyclic) bond motifs is 10. The fourth-order valence-corrected chi connectivity index (χ4v) is 8.81. The predicted octanol–water partition coefficient (Wildman–Crippen LogP) is 14.9. The molecule has 0 bridgehead atoms. The monoisotopic (exact) mass is 716 g/mol. The summed E-state index contributed by atoms with van der Waals surface area (Å²) in [5.41, 5.74) is 12.3. The summed E-state index contributed by atoms with van der Waals surface area (Å²) in [6.45, 7) is 0. The van der Waals surface area contributed by atoms with Crippen LogP contribution in [-0.2, 0) is 0 Å². The number of nitrogens with zero attached hydrogens (tertiary/aromatic N) is 2. The van der Waals surface area contributed by atoms with Gasteiger partial charge in [0.05, 0.1) is 22.4 Å². The lowest BCUT2D eigenvalue weighted by molar-refractivity contribution is 0.669. The Balaban J connectivity index is 1.05. The molecule has 0 radical (unpaired) electrons. The van der Waals surface area contributed by atoms with E-state index in [0.717, 1.165) is 77.8 Å². The van der Waals surface area contributed by atoms with E-state index in [0.29, 0.717) is 0 Å². The van der Waals surface area contributed by atoms with Gasteiger partial charge in [-0.2, -0.15) is 0 Å². The van der Waals surface area contributed by atoms with Crippen LogP contribution in [0.5, 0.6) is 0 Å². The van der Waals surface area contributed by atoms with Gasteiger partial charge in [0.25, 0.3) is 0 Å². The third-order valence-corrected chi connectivity index (χ3v) is 11.4. The molecule has 0 atom stereocenters. The largest absolute Gasteiger partial charge is 0.456 e. The number of hydrogen-bond donors (Lipinski definition) is 0. The Morgan fingerprint density at radius 1 is 0.375 bits per heavy atom. The van der Waals surface area contributed by atoms with Crippen LogP contribution in [0.15, 0.2) is 203 Å². The third-order valence-electron chi connectivity index (χ3n) is 11.4. The van der Waals surface area contributed by atoms with Crippen molar-refractivity contribution in [2.45, 2.75) is 0 Å². The molecular formula is C52H32N2O2. The van der Waals surface area contributed by atoms with Crippen LogP contribution < -0.4 is 4.90 Å². The molecule has 0 aliphatic heterocycles. The molecule has 0 saturated heterocycles. The fraction of sp³-hybridized carbons (Fsp3) is 0.